The Hall–Kier alpha value is -1.43. The summed E-state index contributed by atoms with van der Waals surface area (Å²) in [6, 6.07) is 0. The van der Waals surface area contributed by atoms with Gasteiger partial charge < -0.3 is 10.2 Å². The second kappa shape index (κ2) is 4.92. The summed E-state index contributed by atoms with van der Waals surface area (Å²) < 4.78 is 1.86. The van der Waals surface area contributed by atoms with Crippen molar-refractivity contribution in [2.24, 2.45) is 5.41 Å². The summed E-state index contributed by atoms with van der Waals surface area (Å²) in [6.07, 6.45) is 4.49. The number of amides is 1. The number of hydrogen-bond donors (Lipinski definition) is 1. The largest absolute Gasteiger partial charge is 0.335 e. The molecule has 2 saturated heterocycles. The number of aromatic nitrogens is 3. The lowest BCUT2D eigenvalue weighted by molar-refractivity contribution is -0.128. The highest BCUT2D eigenvalue weighted by Gasteiger charge is 2.43. The van der Waals surface area contributed by atoms with Crippen molar-refractivity contribution in [3.05, 3.63) is 12.2 Å². The Kier molecular flexibility index (Phi) is 3.26. The number of piperidine rings is 1. The van der Waals surface area contributed by atoms with Crippen LogP contribution in [0.1, 0.15) is 32.0 Å². The molecule has 0 atom stereocenters. The van der Waals surface area contributed by atoms with E-state index in [1.807, 2.05) is 16.5 Å². The summed E-state index contributed by atoms with van der Waals surface area (Å²) in [4.78, 5) is 18.4. The first-order chi connectivity index (χ1) is 9.22. The van der Waals surface area contributed by atoms with Crippen LogP contribution >= 0.6 is 0 Å². The smallest absolute Gasteiger partial charge is 0.223 e. The van der Waals surface area contributed by atoms with Gasteiger partial charge in [-0.25, -0.2) is 9.67 Å². The molecule has 6 nitrogen and oxygen atoms in total. The molecule has 3 rings (SSSR count). The number of rotatable bonds is 3. The van der Waals surface area contributed by atoms with E-state index in [1.54, 1.807) is 6.33 Å². The molecule has 1 N–H and O–H groups in total. The third-order valence-electron chi connectivity index (χ3n) is 4.40. The molecule has 0 saturated carbocycles. The highest BCUT2D eigenvalue weighted by molar-refractivity contribution is 5.79. The summed E-state index contributed by atoms with van der Waals surface area (Å²) in [5.74, 6) is 1.16. The molecule has 104 valence electrons. The van der Waals surface area contributed by atoms with Gasteiger partial charge in [0.25, 0.3) is 0 Å². The normalized spacial score (nSPS) is 22.4. The van der Waals surface area contributed by atoms with Gasteiger partial charge in [0.2, 0.25) is 5.91 Å². The summed E-state index contributed by atoms with van der Waals surface area (Å²) in [6.45, 7) is 6.38. The van der Waals surface area contributed by atoms with Crippen LogP contribution in [0.5, 0.6) is 0 Å². The fourth-order valence-corrected chi connectivity index (χ4v) is 3.26. The number of hydrogen-bond acceptors (Lipinski definition) is 4. The molecule has 2 aliphatic heterocycles. The van der Waals surface area contributed by atoms with Gasteiger partial charge in [-0.05, 0) is 38.3 Å². The van der Waals surface area contributed by atoms with Crippen molar-refractivity contribution in [2.75, 3.05) is 19.6 Å². The number of nitrogens with zero attached hydrogens (tertiary/aromatic N) is 4. The summed E-state index contributed by atoms with van der Waals surface area (Å²) >= 11 is 0. The fourth-order valence-electron chi connectivity index (χ4n) is 3.26. The molecule has 6 heteroatoms. The first kappa shape index (κ1) is 12.6. The van der Waals surface area contributed by atoms with Crippen LogP contribution in [-0.2, 0) is 17.9 Å². The molecule has 0 aliphatic carbocycles. The molecule has 1 spiro atoms. The van der Waals surface area contributed by atoms with Gasteiger partial charge in [0.05, 0.1) is 6.54 Å². The second-order valence-electron chi connectivity index (χ2n) is 5.67. The number of likely N-dealkylation sites (tertiary alicyclic amines) is 1. The highest BCUT2D eigenvalue weighted by atomic mass is 16.2. The Morgan fingerprint density at radius 1 is 1.42 bits per heavy atom. The maximum absolute atomic E-state index is 12.2. The van der Waals surface area contributed by atoms with E-state index < -0.39 is 0 Å². The maximum atomic E-state index is 12.2. The van der Waals surface area contributed by atoms with E-state index in [0.29, 0.717) is 13.0 Å². The van der Waals surface area contributed by atoms with E-state index in [1.165, 1.54) is 0 Å². The Morgan fingerprint density at radius 2 is 2.21 bits per heavy atom. The third-order valence-corrected chi connectivity index (χ3v) is 4.40. The number of aryl methyl sites for hydroxylation is 1. The molecular formula is C13H21N5O. The Bertz CT molecular complexity index is 463. The third kappa shape index (κ3) is 2.36. The quantitative estimate of drug-likeness (QED) is 0.857. The molecule has 0 aromatic carbocycles. The van der Waals surface area contributed by atoms with Gasteiger partial charge in [0.15, 0.2) is 0 Å². The first-order valence-electron chi connectivity index (χ1n) is 7.08. The van der Waals surface area contributed by atoms with E-state index in [9.17, 15) is 4.79 Å². The Balaban J connectivity index is 1.70. The minimum atomic E-state index is 0.208. The average molecular weight is 263 g/mol. The molecule has 19 heavy (non-hydrogen) atoms. The van der Waals surface area contributed by atoms with Gasteiger partial charge in [0, 0.05) is 19.5 Å². The topological polar surface area (TPSA) is 63.1 Å². The van der Waals surface area contributed by atoms with Gasteiger partial charge in [-0.2, -0.15) is 5.10 Å². The zero-order valence-corrected chi connectivity index (χ0v) is 11.4. The van der Waals surface area contributed by atoms with Crippen LogP contribution in [0, 0.1) is 5.41 Å². The predicted molar refractivity (Wildman–Crippen MR) is 70.3 cm³/mol. The monoisotopic (exact) mass is 263 g/mol. The van der Waals surface area contributed by atoms with Crippen LogP contribution in [0.4, 0.5) is 0 Å². The van der Waals surface area contributed by atoms with Crippen molar-refractivity contribution in [3.63, 3.8) is 0 Å². The molecule has 1 aromatic heterocycles. The van der Waals surface area contributed by atoms with Gasteiger partial charge in [-0.1, -0.05) is 0 Å². The molecule has 0 radical (unpaired) electrons. The number of carbonyl (C=O) groups is 1. The number of carbonyl (C=O) groups excluding carboxylic acids is 1. The standard InChI is InChI=1S/C13H21N5O/c1-2-18-11(15-10-16-18)8-17-9-13(7-12(17)19)3-5-14-6-4-13/h10,14H,2-9H2,1H3. The van der Waals surface area contributed by atoms with E-state index >= 15 is 0 Å². The molecule has 2 aliphatic rings. The molecule has 0 bridgehead atoms. The van der Waals surface area contributed by atoms with Gasteiger partial charge in [0.1, 0.15) is 12.2 Å². The minimum absolute atomic E-state index is 0.208. The van der Waals surface area contributed by atoms with Crippen molar-refractivity contribution in [2.45, 2.75) is 39.3 Å². The van der Waals surface area contributed by atoms with Crippen LogP contribution in [-0.4, -0.2) is 45.2 Å². The Labute approximate surface area is 113 Å². The second-order valence-corrected chi connectivity index (χ2v) is 5.67. The van der Waals surface area contributed by atoms with Gasteiger partial charge in [-0.3, -0.25) is 4.79 Å². The van der Waals surface area contributed by atoms with Crippen molar-refractivity contribution < 1.29 is 4.79 Å². The van der Waals surface area contributed by atoms with Crippen LogP contribution in [0.2, 0.25) is 0 Å². The molecule has 3 heterocycles. The predicted octanol–water partition coefficient (Wildman–Crippen LogP) is 0.400. The van der Waals surface area contributed by atoms with E-state index in [0.717, 1.165) is 44.8 Å². The van der Waals surface area contributed by atoms with Crippen LogP contribution < -0.4 is 5.32 Å². The zero-order valence-electron chi connectivity index (χ0n) is 11.4. The lowest BCUT2D eigenvalue weighted by Crippen LogP contribution is -2.38. The summed E-state index contributed by atoms with van der Waals surface area (Å²) in [7, 11) is 0. The summed E-state index contributed by atoms with van der Waals surface area (Å²) in [5, 5.41) is 7.54. The van der Waals surface area contributed by atoms with Crippen LogP contribution in [0.15, 0.2) is 6.33 Å². The molecule has 1 amide bonds. The van der Waals surface area contributed by atoms with E-state index in [4.69, 9.17) is 0 Å². The van der Waals surface area contributed by atoms with Crippen molar-refractivity contribution in [1.29, 1.82) is 0 Å². The molecular weight excluding hydrogens is 242 g/mol. The van der Waals surface area contributed by atoms with Crippen molar-refractivity contribution in [1.82, 2.24) is 25.0 Å². The average Bonchev–Trinajstić information content (AvgIpc) is 2.96. The lowest BCUT2D eigenvalue weighted by atomic mass is 9.78. The number of nitrogens with one attached hydrogen (secondary N) is 1. The van der Waals surface area contributed by atoms with Crippen LogP contribution in [0.3, 0.4) is 0 Å². The minimum Gasteiger partial charge on any atom is -0.335 e. The fraction of sp³-hybridized carbons (Fsp3) is 0.769. The molecule has 1 aromatic rings. The van der Waals surface area contributed by atoms with E-state index in [-0.39, 0.29) is 11.3 Å². The van der Waals surface area contributed by atoms with Gasteiger partial charge in [-0.15, -0.1) is 0 Å². The Morgan fingerprint density at radius 3 is 2.95 bits per heavy atom. The molecule has 2 fully saturated rings. The SMILES string of the molecule is CCn1ncnc1CN1CC2(CCNCC2)CC1=O. The van der Waals surface area contributed by atoms with Crippen molar-refractivity contribution >= 4 is 5.91 Å². The summed E-state index contributed by atoms with van der Waals surface area (Å²) in [5.41, 5.74) is 0.208. The van der Waals surface area contributed by atoms with Crippen LogP contribution in [0.25, 0.3) is 0 Å². The lowest BCUT2D eigenvalue weighted by Gasteiger charge is -2.33. The van der Waals surface area contributed by atoms with Gasteiger partial charge >= 0.3 is 0 Å². The first-order valence-corrected chi connectivity index (χ1v) is 7.08. The maximum Gasteiger partial charge on any atom is 0.223 e. The molecule has 0 unspecified atom stereocenters. The highest BCUT2D eigenvalue weighted by Crippen LogP contribution is 2.39. The zero-order chi connectivity index (χ0) is 13.3. The van der Waals surface area contributed by atoms with E-state index in [2.05, 4.69) is 15.4 Å². The van der Waals surface area contributed by atoms with Crippen molar-refractivity contribution in [3.8, 4) is 0 Å².